The highest BCUT2D eigenvalue weighted by atomic mass is 16.3. The minimum absolute atomic E-state index is 0.623. The first kappa shape index (κ1) is 5.88. The Morgan fingerprint density at radius 3 is 3.00 bits per heavy atom. The van der Waals surface area contributed by atoms with Crippen molar-refractivity contribution in [2.75, 3.05) is 12.8 Å². The van der Waals surface area contributed by atoms with E-state index in [2.05, 4.69) is 4.99 Å². The largest absolute Gasteiger partial charge is 0.461 e. The lowest BCUT2D eigenvalue weighted by Crippen LogP contribution is -1.86. The highest BCUT2D eigenvalue weighted by molar-refractivity contribution is 5.82. The first-order valence-electron chi connectivity index (χ1n) is 2.59. The summed E-state index contributed by atoms with van der Waals surface area (Å²) >= 11 is 0. The summed E-state index contributed by atoms with van der Waals surface area (Å²) in [4.78, 5) is 3.74. The molecule has 1 rings (SSSR count). The Bertz CT molecular complexity index is 215. The lowest BCUT2D eigenvalue weighted by molar-refractivity contribution is 0.561. The Labute approximate surface area is 53.2 Å². The molecule has 0 atom stereocenters. The van der Waals surface area contributed by atoms with E-state index >= 15 is 0 Å². The maximum absolute atomic E-state index is 5.44. The van der Waals surface area contributed by atoms with Crippen molar-refractivity contribution in [3.05, 3.63) is 18.1 Å². The predicted molar refractivity (Wildman–Crippen MR) is 36.6 cm³/mol. The van der Waals surface area contributed by atoms with E-state index in [4.69, 9.17) is 10.2 Å². The summed E-state index contributed by atoms with van der Waals surface area (Å²) in [5.41, 5.74) is 6.07. The molecule has 1 heterocycles. The molecule has 0 unspecified atom stereocenters. The second-order valence-electron chi connectivity index (χ2n) is 1.63. The number of aliphatic imine (C=N–C) groups is 1. The van der Waals surface area contributed by atoms with Gasteiger partial charge in [-0.05, 0) is 0 Å². The maximum Gasteiger partial charge on any atom is 0.167 e. The summed E-state index contributed by atoms with van der Waals surface area (Å²) < 4.78 is 4.93. The molecule has 0 aromatic carbocycles. The van der Waals surface area contributed by atoms with Gasteiger partial charge in [-0.1, -0.05) is 0 Å². The molecule has 0 radical (unpaired) electrons. The number of hydrogen-bond acceptors (Lipinski definition) is 3. The predicted octanol–water partition coefficient (Wildman–Crippen LogP) is 0.911. The Kier molecular flexibility index (Phi) is 1.53. The van der Waals surface area contributed by atoms with Crippen LogP contribution in [-0.4, -0.2) is 13.3 Å². The van der Waals surface area contributed by atoms with Gasteiger partial charge in [0.05, 0.1) is 18.2 Å². The fourth-order valence-corrected chi connectivity index (χ4v) is 0.553. The quantitative estimate of drug-likeness (QED) is 0.566. The van der Waals surface area contributed by atoms with E-state index in [1.165, 1.54) is 6.26 Å². The topological polar surface area (TPSA) is 51.5 Å². The molecule has 0 saturated heterocycles. The molecule has 1 aromatic rings. The lowest BCUT2D eigenvalue weighted by atomic mass is 10.4. The van der Waals surface area contributed by atoms with Crippen LogP contribution in [0.15, 0.2) is 21.7 Å². The van der Waals surface area contributed by atoms with Gasteiger partial charge in [-0.3, -0.25) is 4.99 Å². The molecular weight excluding hydrogens is 116 g/mol. The monoisotopic (exact) mass is 124 g/mol. The first-order chi connectivity index (χ1) is 4.34. The third kappa shape index (κ3) is 1.10. The van der Waals surface area contributed by atoms with Gasteiger partial charge in [0, 0.05) is 13.1 Å². The molecule has 2 N–H and O–H groups in total. The fraction of sp³-hybridized carbons (Fsp3) is 0.167. The van der Waals surface area contributed by atoms with Gasteiger partial charge in [0.25, 0.3) is 0 Å². The summed E-state index contributed by atoms with van der Waals surface area (Å²) in [7, 11) is 1.67. The van der Waals surface area contributed by atoms with Crippen molar-refractivity contribution in [3.63, 3.8) is 0 Å². The molecule has 3 nitrogen and oxygen atoms in total. The molecule has 0 aliphatic heterocycles. The normalized spacial score (nSPS) is 10.8. The van der Waals surface area contributed by atoms with E-state index in [1.54, 1.807) is 19.3 Å². The third-order valence-electron chi connectivity index (χ3n) is 0.973. The lowest BCUT2D eigenvalue weighted by Gasteiger charge is -1.83. The van der Waals surface area contributed by atoms with Crippen LogP contribution in [-0.2, 0) is 0 Å². The standard InChI is InChI=1S/C6H8N2O/c1-8-4-6-5(7)2-3-9-6/h2-4H,7H2,1H3. The highest BCUT2D eigenvalue weighted by Crippen LogP contribution is 2.08. The third-order valence-corrected chi connectivity index (χ3v) is 0.973. The van der Waals surface area contributed by atoms with Gasteiger partial charge in [-0.25, -0.2) is 0 Å². The number of furan rings is 1. The van der Waals surface area contributed by atoms with Crippen LogP contribution < -0.4 is 5.73 Å². The Hall–Kier alpha value is -1.25. The second-order valence-corrected chi connectivity index (χ2v) is 1.63. The van der Waals surface area contributed by atoms with E-state index in [0.717, 1.165) is 0 Å². The van der Waals surface area contributed by atoms with Crippen molar-refractivity contribution >= 4 is 11.9 Å². The smallest absolute Gasteiger partial charge is 0.167 e. The minimum Gasteiger partial charge on any atom is -0.461 e. The molecule has 0 fully saturated rings. The van der Waals surface area contributed by atoms with E-state index in [1.807, 2.05) is 0 Å². The number of nitrogens with zero attached hydrogens (tertiary/aromatic N) is 1. The summed E-state index contributed by atoms with van der Waals surface area (Å²) in [5, 5.41) is 0. The maximum atomic E-state index is 5.44. The van der Waals surface area contributed by atoms with Crippen LogP contribution in [0.25, 0.3) is 0 Å². The van der Waals surface area contributed by atoms with Crippen LogP contribution in [0.3, 0.4) is 0 Å². The summed E-state index contributed by atoms with van der Waals surface area (Å²) in [5.74, 6) is 0.623. The first-order valence-corrected chi connectivity index (χ1v) is 2.59. The zero-order valence-corrected chi connectivity index (χ0v) is 5.16. The Balaban J connectivity index is 2.94. The van der Waals surface area contributed by atoms with Crippen LogP contribution in [0, 0.1) is 0 Å². The average molecular weight is 124 g/mol. The van der Waals surface area contributed by atoms with Crippen molar-refractivity contribution in [1.82, 2.24) is 0 Å². The minimum atomic E-state index is 0.623. The van der Waals surface area contributed by atoms with E-state index in [-0.39, 0.29) is 0 Å². The molecule has 0 saturated carbocycles. The molecule has 0 bridgehead atoms. The SMILES string of the molecule is CN=Cc1occc1N. The Morgan fingerprint density at radius 2 is 2.56 bits per heavy atom. The molecule has 0 aliphatic carbocycles. The summed E-state index contributed by atoms with van der Waals surface area (Å²) in [6.45, 7) is 0. The van der Waals surface area contributed by atoms with Gasteiger partial charge in [0.15, 0.2) is 5.76 Å². The fourth-order valence-electron chi connectivity index (χ4n) is 0.553. The van der Waals surface area contributed by atoms with Crippen molar-refractivity contribution in [2.24, 2.45) is 4.99 Å². The van der Waals surface area contributed by atoms with Gasteiger partial charge in [-0.15, -0.1) is 0 Å². The van der Waals surface area contributed by atoms with Crippen LogP contribution in [0.4, 0.5) is 5.69 Å². The molecule has 0 aliphatic rings. The van der Waals surface area contributed by atoms with Gasteiger partial charge in [-0.2, -0.15) is 0 Å². The molecule has 1 aromatic heterocycles. The van der Waals surface area contributed by atoms with Crippen LogP contribution in [0.2, 0.25) is 0 Å². The molecule has 3 heteroatoms. The number of nitrogen functional groups attached to an aromatic ring is 1. The highest BCUT2D eigenvalue weighted by Gasteiger charge is 1.95. The number of hydrogen-bond donors (Lipinski definition) is 1. The zero-order chi connectivity index (χ0) is 6.69. The van der Waals surface area contributed by atoms with Crippen LogP contribution in [0.1, 0.15) is 5.76 Å². The van der Waals surface area contributed by atoms with E-state index < -0.39 is 0 Å². The van der Waals surface area contributed by atoms with Gasteiger partial charge in [0.2, 0.25) is 0 Å². The summed E-state index contributed by atoms with van der Waals surface area (Å²) in [6, 6.07) is 1.69. The number of rotatable bonds is 1. The van der Waals surface area contributed by atoms with Gasteiger partial charge in [0.1, 0.15) is 0 Å². The van der Waals surface area contributed by atoms with Gasteiger partial charge < -0.3 is 10.2 Å². The van der Waals surface area contributed by atoms with Crippen molar-refractivity contribution < 1.29 is 4.42 Å². The molecular formula is C6H8N2O. The molecule has 48 valence electrons. The van der Waals surface area contributed by atoms with Crippen LogP contribution >= 0.6 is 0 Å². The van der Waals surface area contributed by atoms with E-state index in [0.29, 0.717) is 11.4 Å². The number of anilines is 1. The average Bonchev–Trinajstić information content (AvgIpc) is 2.18. The van der Waals surface area contributed by atoms with Crippen molar-refractivity contribution in [1.29, 1.82) is 0 Å². The number of nitrogens with two attached hydrogens (primary N) is 1. The molecule has 0 amide bonds. The second kappa shape index (κ2) is 2.35. The van der Waals surface area contributed by atoms with Crippen molar-refractivity contribution in [2.45, 2.75) is 0 Å². The zero-order valence-electron chi connectivity index (χ0n) is 5.16. The van der Waals surface area contributed by atoms with Crippen LogP contribution in [0.5, 0.6) is 0 Å². The van der Waals surface area contributed by atoms with Gasteiger partial charge >= 0.3 is 0 Å². The molecule has 0 spiro atoms. The van der Waals surface area contributed by atoms with Crippen molar-refractivity contribution in [3.8, 4) is 0 Å². The Morgan fingerprint density at radius 1 is 1.78 bits per heavy atom. The van der Waals surface area contributed by atoms with E-state index in [9.17, 15) is 0 Å². The summed E-state index contributed by atoms with van der Waals surface area (Å²) in [6.07, 6.45) is 3.11. The molecule has 9 heavy (non-hydrogen) atoms.